The summed E-state index contributed by atoms with van der Waals surface area (Å²) in [7, 11) is 0. The van der Waals surface area contributed by atoms with Crippen LogP contribution in [0.4, 0.5) is 4.39 Å². The number of H-pyrrole nitrogens is 1. The number of aromatic nitrogens is 4. The summed E-state index contributed by atoms with van der Waals surface area (Å²) in [5, 5.41) is 18.0. The van der Waals surface area contributed by atoms with E-state index in [1.54, 1.807) is 23.0 Å². The largest absolute Gasteiger partial charge is 0.480 e. The number of rotatable bonds is 8. The van der Waals surface area contributed by atoms with Crippen LogP contribution in [-0.2, 0) is 11.2 Å². The number of halogens is 1. The molecule has 0 unspecified atom stereocenters. The number of para-hydroxylation sites is 1. The van der Waals surface area contributed by atoms with Crippen LogP contribution in [0.25, 0.3) is 22.1 Å². The SMILES string of the molecule is C#C/C(=C\C=C(/C)F)c1cnc2c(C(=O)N[C@@H](Cc3c[nH]c4ccccc34)C(=O)O)cnn2c1C1CCCCC1. The molecule has 1 amide bonds. The van der Waals surface area contributed by atoms with E-state index in [1.807, 2.05) is 24.3 Å². The highest BCUT2D eigenvalue weighted by molar-refractivity contribution is 6.01. The number of aromatic amines is 1. The normalized spacial score (nSPS) is 15.7. The number of carbonyl (C=O) groups is 2. The lowest BCUT2D eigenvalue weighted by Gasteiger charge is -2.24. The van der Waals surface area contributed by atoms with Gasteiger partial charge in [-0.2, -0.15) is 5.10 Å². The Labute approximate surface area is 231 Å². The van der Waals surface area contributed by atoms with Crippen LogP contribution in [-0.4, -0.2) is 42.6 Å². The Morgan fingerprint density at radius 1 is 1.23 bits per heavy atom. The molecule has 5 rings (SSSR count). The molecule has 204 valence electrons. The maximum absolute atomic E-state index is 13.5. The number of hydrogen-bond donors (Lipinski definition) is 3. The Hall–Kier alpha value is -4.71. The van der Waals surface area contributed by atoms with Gasteiger partial charge in [0.1, 0.15) is 11.6 Å². The molecule has 40 heavy (non-hydrogen) atoms. The molecule has 4 aromatic rings. The summed E-state index contributed by atoms with van der Waals surface area (Å²) in [5.41, 5.74) is 4.12. The molecule has 3 N–H and O–H groups in total. The van der Waals surface area contributed by atoms with Crippen LogP contribution in [0.5, 0.6) is 0 Å². The van der Waals surface area contributed by atoms with E-state index in [-0.39, 0.29) is 23.7 Å². The second-order valence-corrected chi connectivity index (χ2v) is 10.1. The molecule has 0 aliphatic heterocycles. The minimum absolute atomic E-state index is 0.104. The quantitative estimate of drug-likeness (QED) is 0.200. The van der Waals surface area contributed by atoms with E-state index >= 15 is 0 Å². The van der Waals surface area contributed by atoms with E-state index in [2.05, 4.69) is 26.3 Å². The molecule has 1 aliphatic carbocycles. The number of terminal acetylenes is 1. The highest BCUT2D eigenvalue weighted by Gasteiger charge is 2.28. The molecule has 9 heteroatoms. The number of hydrogen-bond acceptors (Lipinski definition) is 4. The van der Waals surface area contributed by atoms with Crippen molar-refractivity contribution >= 4 is 34.0 Å². The van der Waals surface area contributed by atoms with E-state index in [1.165, 1.54) is 19.2 Å². The number of allylic oxidation sites excluding steroid dienone is 4. The molecule has 1 fully saturated rings. The summed E-state index contributed by atoms with van der Waals surface area (Å²) >= 11 is 0. The van der Waals surface area contributed by atoms with Gasteiger partial charge in [-0.25, -0.2) is 18.7 Å². The van der Waals surface area contributed by atoms with E-state index in [9.17, 15) is 19.1 Å². The summed E-state index contributed by atoms with van der Waals surface area (Å²) in [5.74, 6) is 0.669. The molecule has 0 bridgehead atoms. The number of carbonyl (C=O) groups excluding carboxylic acids is 1. The van der Waals surface area contributed by atoms with Crippen molar-refractivity contribution < 1.29 is 19.1 Å². The molecule has 8 nitrogen and oxygen atoms in total. The summed E-state index contributed by atoms with van der Waals surface area (Å²) in [6.07, 6.45) is 18.6. The second-order valence-electron chi connectivity index (χ2n) is 10.1. The number of fused-ring (bicyclic) bond motifs is 2. The summed E-state index contributed by atoms with van der Waals surface area (Å²) in [4.78, 5) is 33.2. The van der Waals surface area contributed by atoms with Gasteiger partial charge < -0.3 is 15.4 Å². The maximum atomic E-state index is 13.5. The van der Waals surface area contributed by atoms with Gasteiger partial charge in [0.25, 0.3) is 5.91 Å². The van der Waals surface area contributed by atoms with Gasteiger partial charge in [-0.1, -0.05) is 43.4 Å². The highest BCUT2D eigenvalue weighted by atomic mass is 19.1. The fraction of sp³-hybridized carbons (Fsp3) is 0.290. The molecule has 1 saturated carbocycles. The fourth-order valence-corrected chi connectivity index (χ4v) is 5.46. The molecule has 3 heterocycles. The van der Waals surface area contributed by atoms with Crippen molar-refractivity contribution in [3.05, 3.63) is 83.2 Å². The first kappa shape index (κ1) is 26.9. The average Bonchev–Trinajstić information content (AvgIpc) is 3.57. The monoisotopic (exact) mass is 539 g/mol. The van der Waals surface area contributed by atoms with Crippen molar-refractivity contribution in [3.63, 3.8) is 0 Å². The van der Waals surface area contributed by atoms with Gasteiger partial charge >= 0.3 is 5.97 Å². The minimum Gasteiger partial charge on any atom is -0.480 e. The van der Waals surface area contributed by atoms with Crippen molar-refractivity contribution in [2.75, 3.05) is 0 Å². The first-order valence-corrected chi connectivity index (χ1v) is 13.3. The van der Waals surface area contributed by atoms with Crippen molar-refractivity contribution in [1.82, 2.24) is 24.9 Å². The zero-order chi connectivity index (χ0) is 28.2. The van der Waals surface area contributed by atoms with Gasteiger partial charge in [0.15, 0.2) is 5.65 Å². The number of aliphatic carboxylic acids is 1. The van der Waals surface area contributed by atoms with Gasteiger partial charge in [-0.3, -0.25) is 4.79 Å². The zero-order valence-electron chi connectivity index (χ0n) is 22.2. The van der Waals surface area contributed by atoms with Crippen molar-refractivity contribution in [1.29, 1.82) is 0 Å². The minimum atomic E-state index is -1.16. The van der Waals surface area contributed by atoms with Crippen LogP contribution in [0.2, 0.25) is 0 Å². The third-order valence-corrected chi connectivity index (χ3v) is 7.43. The predicted molar refractivity (Wildman–Crippen MR) is 151 cm³/mol. The molecular weight excluding hydrogens is 509 g/mol. The lowest BCUT2D eigenvalue weighted by molar-refractivity contribution is -0.139. The molecule has 3 aromatic heterocycles. The standard InChI is InChI=1S/C31H30FN5O3/c1-3-20(14-13-19(2)32)24-17-34-29-25(18-35-37(29)28(24)21-9-5-4-6-10-21)30(38)36-27(31(39)40)15-22-16-33-26-12-8-7-11-23(22)26/h1,7-8,11-14,16-18,21,27,33H,4-6,9-10,15H2,2H3,(H,36,38)(H,39,40)/b19-13+,20-14+/t27-/m0/s1. The van der Waals surface area contributed by atoms with Crippen molar-refractivity contribution in [2.45, 2.75) is 57.4 Å². The van der Waals surface area contributed by atoms with Gasteiger partial charge in [-0.05, 0) is 43.5 Å². The van der Waals surface area contributed by atoms with Crippen LogP contribution in [0, 0.1) is 12.3 Å². The number of carboxylic acid groups (broad SMARTS) is 1. The van der Waals surface area contributed by atoms with E-state index in [0.717, 1.165) is 54.3 Å². The number of carboxylic acids is 1. The topological polar surface area (TPSA) is 112 Å². The first-order valence-electron chi connectivity index (χ1n) is 13.3. The molecule has 1 aromatic carbocycles. The van der Waals surface area contributed by atoms with Crippen molar-refractivity contribution in [3.8, 4) is 12.3 Å². The Bertz CT molecular complexity index is 1680. The third-order valence-electron chi connectivity index (χ3n) is 7.43. The molecule has 1 aliphatic rings. The number of nitrogens with one attached hydrogen (secondary N) is 2. The fourth-order valence-electron chi connectivity index (χ4n) is 5.46. The van der Waals surface area contributed by atoms with E-state index in [4.69, 9.17) is 6.42 Å². The Morgan fingerprint density at radius 2 is 2.00 bits per heavy atom. The molecule has 1 atom stereocenters. The number of nitrogens with zero attached hydrogens (tertiary/aromatic N) is 3. The van der Waals surface area contributed by atoms with Crippen LogP contribution in [0.3, 0.4) is 0 Å². The molecular formula is C31H30FN5O3. The first-order chi connectivity index (χ1) is 19.4. The summed E-state index contributed by atoms with van der Waals surface area (Å²) in [6, 6.07) is 6.43. The van der Waals surface area contributed by atoms with Crippen LogP contribution in [0.1, 0.15) is 72.1 Å². The Balaban J connectivity index is 1.50. The summed E-state index contributed by atoms with van der Waals surface area (Å²) in [6.45, 7) is 1.34. The third kappa shape index (κ3) is 5.38. The van der Waals surface area contributed by atoms with Gasteiger partial charge in [0, 0.05) is 46.8 Å². The lowest BCUT2D eigenvalue weighted by Crippen LogP contribution is -2.42. The molecule has 0 spiro atoms. The van der Waals surface area contributed by atoms with E-state index < -0.39 is 17.9 Å². The Kier molecular flexibility index (Phi) is 7.78. The van der Waals surface area contributed by atoms with Crippen molar-refractivity contribution in [2.24, 2.45) is 0 Å². The zero-order valence-corrected chi connectivity index (χ0v) is 22.2. The van der Waals surface area contributed by atoms with Gasteiger partial charge in [-0.15, -0.1) is 6.42 Å². The van der Waals surface area contributed by atoms with E-state index in [0.29, 0.717) is 16.8 Å². The maximum Gasteiger partial charge on any atom is 0.326 e. The number of benzene rings is 1. The summed E-state index contributed by atoms with van der Waals surface area (Å²) < 4.78 is 15.1. The second kappa shape index (κ2) is 11.6. The average molecular weight is 540 g/mol. The predicted octanol–water partition coefficient (Wildman–Crippen LogP) is 5.57. The molecule has 0 saturated heterocycles. The number of amides is 1. The van der Waals surface area contributed by atoms with Crippen LogP contribution >= 0.6 is 0 Å². The highest BCUT2D eigenvalue weighted by Crippen LogP contribution is 2.37. The molecule has 0 radical (unpaired) electrons. The van der Waals surface area contributed by atoms with Gasteiger partial charge in [0.2, 0.25) is 0 Å². The van der Waals surface area contributed by atoms with Crippen LogP contribution < -0.4 is 5.32 Å². The van der Waals surface area contributed by atoms with Crippen LogP contribution in [0.15, 0.2) is 60.8 Å². The lowest BCUT2D eigenvalue weighted by atomic mass is 9.84. The smallest absolute Gasteiger partial charge is 0.326 e. The Morgan fingerprint density at radius 3 is 2.73 bits per heavy atom. The van der Waals surface area contributed by atoms with Gasteiger partial charge in [0.05, 0.1) is 17.7 Å².